The van der Waals surface area contributed by atoms with Crippen LogP contribution in [0.25, 0.3) is 10.9 Å². The Hall–Kier alpha value is -3.33. The van der Waals surface area contributed by atoms with Gasteiger partial charge in [-0.25, -0.2) is 4.98 Å². The van der Waals surface area contributed by atoms with Crippen molar-refractivity contribution in [3.8, 4) is 0 Å². The van der Waals surface area contributed by atoms with E-state index in [2.05, 4.69) is 64.9 Å². The Bertz CT molecular complexity index is 1440. The Morgan fingerprint density at radius 3 is 2.65 bits per heavy atom. The number of aryl methyl sites for hydroxylation is 1. The molecule has 0 radical (unpaired) electrons. The molecule has 1 aromatic heterocycles. The molecular weight excluding hydrogens is 482 g/mol. The first-order valence-corrected chi connectivity index (χ1v) is 14.0. The fourth-order valence-corrected chi connectivity index (χ4v) is 6.14. The van der Waals surface area contributed by atoms with E-state index in [0.29, 0.717) is 44.5 Å². The zero-order valence-corrected chi connectivity index (χ0v) is 21.8. The average molecular weight is 514 g/mol. The van der Waals surface area contributed by atoms with Gasteiger partial charge in [-0.05, 0) is 36.2 Å². The van der Waals surface area contributed by atoms with Crippen LogP contribution in [0.2, 0.25) is 0 Å². The van der Waals surface area contributed by atoms with Crippen molar-refractivity contribution < 1.29 is 8.95 Å². The van der Waals surface area contributed by atoms with Crippen LogP contribution in [-0.2, 0) is 28.6 Å². The number of nitrogens with one attached hydrogen (secondary N) is 2. The minimum Gasteiger partial charge on any atom is -0.377 e. The van der Waals surface area contributed by atoms with Gasteiger partial charge in [0.2, 0.25) is 5.95 Å². The predicted octanol–water partition coefficient (Wildman–Crippen LogP) is 4.04. The third-order valence-corrected chi connectivity index (χ3v) is 8.55. The first-order chi connectivity index (χ1) is 18.1. The molecule has 4 aromatic rings. The summed E-state index contributed by atoms with van der Waals surface area (Å²) < 4.78 is 18.5. The molecule has 1 atom stereocenters. The molecule has 3 heterocycles. The third kappa shape index (κ3) is 5.09. The largest absolute Gasteiger partial charge is 0.377 e. The van der Waals surface area contributed by atoms with Crippen LogP contribution in [0.5, 0.6) is 0 Å². The van der Waals surface area contributed by atoms with Crippen molar-refractivity contribution in [2.24, 2.45) is 0 Å². The first-order valence-electron chi connectivity index (χ1n) is 12.7. The van der Waals surface area contributed by atoms with Gasteiger partial charge in [-0.2, -0.15) is 4.98 Å². The Balaban J connectivity index is 1.28. The van der Waals surface area contributed by atoms with Crippen molar-refractivity contribution in [1.82, 2.24) is 15.3 Å². The summed E-state index contributed by atoms with van der Waals surface area (Å²) in [5, 5.41) is 8.34. The molecule has 2 N–H and O–H groups in total. The number of ether oxygens (including phenoxy) is 1. The van der Waals surface area contributed by atoms with Gasteiger partial charge in [-0.3, -0.25) is 4.21 Å². The Morgan fingerprint density at radius 1 is 1.03 bits per heavy atom. The molecule has 190 valence electrons. The zero-order valence-electron chi connectivity index (χ0n) is 20.9. The molecule has 6 rings (SSSR count). The van der Waals surface area contributed by atoms with Gasteiger partial charge in [0.1, 0.15) is 5.82 Å². The van der Waals surface area contributed by atoms with Gasteiger partial charge in [-0.1, -0.05) is 60.2 Å². The van der Waals surface area contributed by atoms with Gasteiger partial charge in [0.15, 0.2) is 0 Å². The number of hydrogen-bond donors (Lipinski definition) is 2. The van der Waals surface area contributed by atoms with E-state index < -0.39 is 10.8 Å². The lowest BCUT2D eigenvalue weighted by Gasteiger charge is -2.42. The molecule has 0 aliphatic carbocycles. The second-order valence-electron chi connectivity index (χ2n) is 9.94. The fourth-order valence-electron chi connectivity index (χ4n) is 4.87. The zero-order chi connectivity index (χ0) is 25.2. The van der Waals surface area contributed by atoms with Gasteiger partial charge >= 0.3 is 0 Å². The normalized spacial score (nSPS) is 18.6. The summed E-state index contributed by atoms with van der Waals surface area (Å²) in [5.41, 5.74) is 4.21. The van der Waals surface area contributed by atoms with E-state index >= 15 is 0 Å². The molecule has 2 aliphatic heterocycles. The molecule has 0 bridgehead atoms. The van der Waals surface area contributed by atoms with Crippen molar-refractivity contribution in [2.45, 2.75) is 30.4 Å². The van der Waals surface area contributed by atoms with E-state index in [9.17, 15) is 4.21 Å². The first kappa shape index (κ1) is 24.0. The number of nitrogens with zero attached hydrogens (tertiary/aromatic N) is 3. The lowest BCUT2D eigenvalue weighted by atomic mass is 9.96. The van der Waals surface area contributed by atoms with Crippen LogP contribution in [-0.4, -0.2) is 51.8 Å². The van der Waals surface area contributed by atoms with Crippen molar-refractivity contribution in [3.63, 3.8) is 0 Å². The minimum absolute atomic E-state index is 0.157. The SMILES string of the molecule is Cc1ccc2nc(N3CCS(=O)c4ccccc4C3)nc(NCC3(NCc4ccccc4)COC3)c2c1. The summed E-state index contributed by atoms with van der Waals surface area (Å²) in [6, 6.07) is 24.7. The molecule has 8 heteroatoms. The van der Waals surface area contributed by atoms with Crippen LogP contribution >= 0.6 is 0 Å². The van der Waals surface area contributed by atoms with E-state index in [1.54, 1.807) is 0 Å². The van der Waals surface area contributed by atoms with Crippen LogP contribution in [0.15, 0.2) is 77.7 Å². The second-order valence-corrected chi connectivity index (χ2v) is 11.5. The number of benzene rings is 3. The molecule has 7 nitrogen and oxygen atoms in total. The topological polar surface area (TPSA) is 79.4 Å². The van der Waals surface area contributed by atoms with E-state index in [1.165, 1.54) is 5.56 Å². The van der Waals surface area contributed by atoms with Crippen molar-refractivity contribution in [1.29, 1.82) is 0 Å². The van der Waals surface area contributed by atoms with E-state index in [-0.39, 0.29) is 5.54 Å². The fraction of sp³-hybridized carbons (Fsp3) is 0.310. The van der Waals surface area contributed by atoms with Crippen molar-refractivity contribution >= 4 is 33.5 Å². The summed E-state index contributed by atoms with van der Waals surface area (Å²) in [5.74, 6) is 2.03. The monoisotopic (exact) mass is 513 g/mol. The summed E-state index contributed by atoms with van der Waals surface area (Å²) in [6.07, 6.45) is 0. The highest BCUT2D eigenvalue weighted by atomic mass is 32.2. The van der Waals surface area contributed by atoms with E-state index in [1.807, 2.05) is 30.3 Å². The van der Waals surface area contributed by atoms with Crippen LogP contribution in [0.4, 0.5) is 11.8 Å². The van der Waals surface area contributed by atoms with Gasteiger partial charge < -0.3 is 20.3 Å². The van der Waals surface area contributed by atoms with E-state index in [4.69, 9.17) is 14.7 Å². The smallest absolute Gasteiger partial charge is 0.228 e. The quantitative estimate of drug-likeness (QED) is 0.386. The van der Waals surface area contributed by atoms with Crippen LogP contribution in [0, 0.1) is 6.92 Å². The molecule has 3 aromatic carbocycles. The molecule has 2 aliphatic rings. The summed E-state index contributed by atoms with van der Waals surface area (Å²) in [4.78, 5) is 13.0. The van der Waals surface area contributed by atoms with E-state index in [0.717, 1.165) is 39.3 Å². The molecule has 0 amide bonds. The van der Waals surface area contributed by atoms with Crippen molar-refractivity contribution in [3.05, 3.63) is 89.5 Å². The maximum absolute atomic E-state index is 12.8. The summed E-state index contributed by atoms with van der Waals surface area (Å²) >= 11 is 0. The molecule has 0 spiro atoms. The molecule has 1 fully saturated rings. The van der Waals surface area contributed by atoms with Gasteiger partial charge in [0.25, 0.3) is 0 Å². The second kappa shape index (κ2) is 10.2. The maximum Gasteiger partial charge on any atom is 0.228 e. The highest BCUT2D eigenvalue weighted by Crippen LogP contribution is 2.29. The predicted molar refractivity (Wildman–Crippen MR) is 148 cm³/mol. The molecule has 37 heavy (non-hydrogen) atoms. The average Bonchev–Trinajstić information content (AvgIpc) is 3.07. The number of hydrogen-bond acceptors (Lipinski definition) is 7. The van der Waals surface area contributed by atoms with Gasteiger partial charge in [0.05, 0.1) is 35.1 Å². The third-order valence-electron chi connectivity index (χ3n) is 7.11. The minimum atomic E-state index is -1.02. The molecule has 1 unspecified atom stereocenters. The molecule has 1 saturated heterocycles. The highest BCUT2D eigenvalue weighted by Gasteiger charge is 2.38. The Labute approximate surface area is 219 Å². The number of rotatable bonds is 7. The number of aromatic nitrogens is 2. The maximum atomic E-state index is 12.8. The molecule has 0 saturated carbocycles. The lowest BCUT2D eigenvalue weighted by Crippen LogP contribution is -2.64. The summed E-state index contributed by atoms with van der Waals surface area (Å²) in [6.45, 7) is 6.12. The van der Waals surface area contributed by atoms with Gasteiger partial charge in [0, 0.05) is 42.2 Å². The van der Waals surface area contributed by atoms with Gasteiger partial charge in [-0.15, -0.1) is 0 Å². The standard InChI is InChI=1S/C29H31N5O2S/c1-21-11-12-25-24(15-21)27(30-18-29(19-36-20-29)31-16-22-7-3-2-4-8-22)33-28(32-25)34-13-14-37(35)26-10-6-5-9-23(26)17-34/h2-12,15,31H,13-14,16-20H2,1H3,(H,30,32,33). The Morgan fingerprint density at radius 2 is 1.84 bits per heavy atom. The number of anilines is 2. The highest BCUT2D eigenvalue weighted by molar-refractivity contribution is 7.85. The van der Waals surface area contributed by atoms with Crippen LogP contribution in [0.1, 0.15) is 16.7 Å². The Kier molecular flexibility index (Phi) is 6.63. The van der Waals surface area contributed by atoms with Crippen LogP contribution < -0.4 is 15.5 Å². The van der Waals surface area contributed by atoms with Crippen molar-refractivity contribution in [2.75, 3.05) is 42.3 Å². The van der Waals surface area contributed by atoms with Crippen LogP contribution in [0.3, 0.4) is 0 Å². The summed E-state index contributed by atoms with van der Waals surface area (Å²) in [7, 11) is -1.02. The number of fused-ring (bicyclic) bond motifs is 2. The lowest BCUT2D eigenvalue weighted by molar-refractivity contribution is -0.0678. The molecular formula is C29H31N5O2S.